The number of nitrogens with one attached hydrogen (secondary N) is 1. The molecule has 0 aliphatic carbocycles. The van der Waals surface area contributed by atoms with Crippen molar-refractivity contribution < 1.29 is 21.6 Å². The van der Waals surface area contributed by atoms with Gasteiger partial charge in [0.05, 0.1) is 15.0 Å². The molecule has 0 aromatic heterocycles. The second kappa shape index (κ2) is 7.82. The first-order chi connectivity index (χ1) is 13.1. The van der Waals surface area contributed by atoms with Crippen molar-refractivity contribution in [2.24, 2.45) is 0 Å². The number of benzene rings is 2. The second-order valence-corrected chi connectivity index (χ2v) is 11.1. The summed E-state index contributed by atoms with van der Waals surface area (Å²) in [7, 11) is -7.49. The highest BCUT2D eigenvalue weighted by atomic mass is 35.5. The third kappa shape index (κ3) is 4.22. The molecule has 1 aliphatic heterocycles. The normalized spacial score (nSPS) is 18.1. The van der Waals surface area contributed by atoms with Crippen LogP contribution in [-0.4, -0.2) is 45.4 Å². The summed E-state index contributed by atoms with van der Waals surface area (Å²) in [4.78, 5) is 11.2. The third-order valence-corrected chi connectivity index (χ3v) is 8.82. The van der Waals surface area contributed by atoms with Crippen molar-refractivity contribution in [1.29, 1.82) is 0 Å². The molecular formula is C18H19ClN2O5S2. The maximum absolute atomic E-state index is 12.8. The van der Waals surface area contributed by atoms with Crippen molar-refractivity contribution in [1.82, 2.24) is 4.31 Å². The summed E-state index contributed by atoms with van der Waals surface area (Å²) in [6, 6.07) is 11.6. The summed E-state index contributed by atoms with van der Waals surface area (Å²) in [5.41, 5.74) is 0.482. The number of hydrogen-bond acceptors (Lipinski definition) is 5. The molecular weight excluding hydrogens is 424 g/mol. The molecule has 3 rings (SSSR count). The number of nitrogens with zero attached hydrogens (tertiary/aromatic N) is 1. The van der Waals surface area contributed by atoms with E-state index in [1.807, 2.05) is 0 Å². The van der Waals surface area contributed by atoms with Crippen LogP contribution < -0.4 is 5.32 Å². The Labute approximate surface area is 169 Å². The van der Waals surface area contributed by atoms with Gasteiger partial charge in [0.25, 0.3) is 0 Å². The van der Waals surface area contributed by atoms with Gasteiger partial charge in [-0.1, -0.05) is 11.6 Å². The van der Waals surface area contributed by atoms with E-state index in [0.717, 1.165) is 0 Å². The third-order valence-electron chi connectivity index (χ3n) is 4.50. The maximum atomic E-state index is 12.8. The lowest BCUT2D eigenvalue weighted by Gasteiger charge is -2.17. The fraction of sp³-hybridized carbons (Fsp3) is 0.278. The maximum Gasteiger partial charge on any atom is 0.243 e. The number of halogens is 1. The number of sulfonamides is 1. The van der Waals surface area contributed by atoms with Gasteiger partial charge in [-0.3, -0.25) is 4.79 Å². The van der Waals surface area contributed by atoms with Crippen molar-refractivity contribution in [3.05, 3.63) is 53.6 Å². The number of anilines is 1. The SMILES string of the molecule is CC(=O)Nc1ccc(S(=O)(=O)N2CCC(S(=O)(=O)c3ccc(Cl)cc3)C2)cc1. The molecule has 1 atom stereocenters. The van der Waals surface area contributed by atoms with E-state index in [9.17, 15) is 21.6 Å². The van der Waals surface area contributed by atoms with Crippen molar-refractivity contribution in [2.45, 2.75) is 28.4 Å². The van der Waals surface area contributed by atoms with Crippen LogP contribution in [0.2, 0.25) is 5.02 Å². The molecule has 7 nitrogen and oxygen atoms in total. The van der Waals surface area contributed by atoms with Crippen LogP contribution in [0.1, 0.15) is 13.3 Å². The van der Waals surface area contributed by atoms with E-state index < -0.39 is 25.1 Å². The monoisotopic (exact) mass is 442 g/mol. The first-order valence-electron chi connectivity index (χ1n) is 8.48. The highest BCUT2D eigenvalue weighted by Gasteiger charge is 2.39. The van der Waals surface area contributed by atoms with Gasteiger partial charge < -0.3 is 5.32 Å². The zero-order valence-electron chi connectivity index (χ0n) is 15.0. The molecule has 1 aliphatic rings. The average Bonchev–Trinajstić information content (AvgIpc) is 3.14. The van der Waals surface area contributed by atoms with Gasteiger partial charge in [0.1, 0.15) is 0 Å². The van der Waals surface area contributed by atoms with E-state index in [1.165, 1.54) is 59.8 Å². The molecule has 1 saturated heterocycles. The molecule has 2 aromatic rings. The molecule has 0 radical (unpaired) electrons. The highest BCUT2D eigenvalue weighted by Crippen LogP contribution is 2.29. The lowest BCUT2D eigenvalue weighted by molar-refractivity contribution is -0.114. The summed E-state index contributed by atoms with van der Waals surface area (Å²) in [5, 5.41) is 2.18. The Hall–Kier alpha value is -1.94. The van der Waals surface area contributed by atoms with Gasteiger partial charge in [-0.15, -0.1) is 0 Å². The topological polar surface area (TPSA) is 101 Å². The molecule has 1 heterocycles. The molecule has 2 aromatic carbocycles. The first-order valence-corrected chi connectivity index (χ1v) is 11.8. The molecule has 10 heteroatoms. The number of rotatable bonds is 5. The van der Waals surface area contributed by atoms with Crippen molar-refractivity contribution in [3.63, 3.8) is 0 Å². The Morgan fingerprint density at radius 2 is 1.57 bits per heavy atom. The van der Waals surface area contributed by atoms with E-state index in [1.54, 1.807) is 0 Å². The van der Waals surface area contributed by atoms with Crippen molar-refractivity contribution in [2.75, 3.05) is 18.4 Å². The van der Waals surface area contributed by atoms with Crippen molar-refractivity contribution in [3.8, 4) is 0 Å². The van der Waals surface area contributed by atoms with Gasteiger partial charge in [0.2, 0.25) is 15.9 Å². The standard InChI is InChI=1S/C18H19ClN2O5S2/c1-13(22)20-15-4-8-17(9-5-15)28(25,26)21-11-10-18(12-21)27(23,24)16-6-2-14(19)3-7-16/h2-9,18H,10-12H2,1H3,(H,20,22). The zero-order valence-corrected chi connectivity index (χ0v) is 17.4. The Kier molecular flexibility index (Phi) is 5.81. The quantitative estimate of drug-likeness (QED) is 0.766. The average molecular weight is 443 g/mol. The minimum absolute atomic E-state index is 0.0474. The number of amides is 1. The molecule has 0 spiro atoms. The molecule has 28 heavy (non-hydrogen) atoms. The van der Waals surface area contributed by atoms with Gasteiger partial charge in [0, 0.05) is 30.7 Å². The predicted molar refractivity (Wildman–Crippen MR) is 107 cm³/mol. The van der Waals surface area contributed by atoms with E-state index in [2.05, 4.69) is 5.32 Å². The second-order valence-electron chi connectivity index (χ2n) is 6.48. The summed E-state index contributed by atoms with van der Waals surface area (Å²) < 4.78 is 52.5. The molecule has 0 bridgehead atoms. The van der Waals surface area contributed by atoms with Crippen LogP contribution in [0.5, 0.6) is 0 Å². The number of carbonyl (C=O) groups excluding carboxylic acids is 1. The van der Waals surface area contributed by atoms with Gasteiger partial charge in [-0.25, -0.2) is 16.8 Å². The van der Waals surface area contributed by atoms with Gasteiger partial charge in [0.15, 0.2) is 9.84 Å². The summed E-state index contributed by atoms with van der Waals surface area (Å²) in [6.45, 7) is 1.37. The molecule has 150 valence electrons. The summed E-state index contributed by atoms with van der Waals surface area (Å²) in [6.07, 6.45) is 0.216. The highest BCUT2D eigenvalue weighted by molar-refractivity contribution is 7.92. The molecule has 1 N–H and O–H groups in total. The van der Waals surface area contributed by atoms with Crippen LogP contribution in [0.25, 0.3) is 0 Å². The minimum atomic E-state index is -3.83. The summed E-state index contributed by atoms with van der Waals surface area (Å²) in [5.74, 6) is -0.259. The van der Waals surface area contributed by atoms with Crippen LogP contribution in [0, 0.1) is 0 Å². The van der Waals surface area contributed by atoms with Crippen LogP contribution >= 0.6 is 11.6 Å². The molecule has 1 unspecified atom stereocenters. The van der Waals surface area contributed by atoms with Gasteiger partial charge >= 0.3 is 0 Å². The van der Waals surface area contributed by atoms with Crippen LogP contribution in [0.3, 0.4) is 0 Å². The van der Waals surface area contributed by atoms with Gasteiger partial charge in [-0.2, -0.15) is 4.31 Å². The van der Waals surface area contributed by atoms with Gasteiger partial charge in [-0.05, 0) is 55.0 Å². The fourth-order valence-electron chi connectivity index (χ4n) is 3.05. The Morgan fingerprint density at radius 1 is 1.00 bits per heavy atom. The van der Waals surface area contributed by atoms with E-state index in [-0.39, 0.29) is 35.2 Å². The molecule has 1 amide bonds. The van der Waals surface area contributed by atoms with E-state index >= 15 is 0 Å². The fourth-order valence-corrected chi connectivity index (χ4v) is 6.46. The lowest BCUT2D eigenvalue weighted by Crippen LogP contribution is -2.32. The smallest absolute Gasteiger partial charge is 0.243 e. The van der Waals surface area contributed by atoms with Crippen molar-refractivity contribution >= 4 is 43.1 Å². The molecule has 1 fully saturated rings. The van der Waals surface area contributed by atoms with Crippen LogP contribution in [0.15, 0.2) is 58.3 Å². The largest absolute Gasteiger partial charge is 0.326 e. The number of hydrogen-bond donors (Lipinski definition) is 1. The number of sulfone groups is 1. The lowest BCUT2D eigenvalue weighted by atomic mass is 10.3. The van der Waals surface area contributed by atoms with E-state index in [4.69, 9.17) is 11.6 Å². The summed E-state index contributed by atoms with van der Waals surface area (Å²) >= 11 is 5.81. The molecule has 0 saturated carbocycles. The minimum Gasteiger partial charge on any atom is -0.326 e. The Bertz CT molecular complexity index is 1080. The number of carbonyl (C=O) groups is 1. The zero-order chi connectivity index (χ0) is 20.5. The Balaban J connectivity index is 1.78. The van der Waals surface area contributed by atoms with Crippen LogP contribution in [-0.2, 0) is 24.7 Å². The predicted octanol–water partition coefficient (Wildman–Crippen LogP) is 2.54. The first kappa shape index (κ1) is 20.8. The Morgan fingerprint density at radius 3 is 2.14 bits per heavy atom. The van der Waals surface area contributed by atoms with Crippen LogP contribution in [0.4, 0.5) is 5.69 Å². The van der Waals surface area contributed by atoms with E-state index in [0.29, 0.717) is 10.7 Å².